The molecule has 1 aliphatic rings. The van der Waals surface area contributed by atoms with Crippen LogP contribution in [0.3, 0.4) is 0 Å². The number of aryl methyl sites for hydroxylation is 1. The van der Waals surface area contributed by atoms with E-state index in [0.29, 0.717) is 13.2 Å². The summed E-state index contributed by atoms with van der Waals surface area (Å²) in [5.74, 6) is 1.61. The Bertz CT molecular complexity index is 735. The third kappa shape index (κ3) is 4.42. The fourth-order valence-electron chi connectivity index (χ4n) is 2.85. The minimum atomic E-state index is -0.0435. The van der Waals surface area contributed by atoms with E-state index in [4.69, 9.17) is 21.7 Å². The molecular weight excluding hydrogens is 332 g/mol. The molecule has 0 amide bonds. The molecule has 0 saturated carbocycles. The van der Waals surface area contributed by atoms with Crippen LogP contribution in [0.5, 0.6) is 11.5 Å². The molecule has 132 valence electrons. The number of nitrogens with zero attached hydrogens (tertiary/aromatic N) is 1. The molecule has 1 heterocycles. The van der Waals surface area contributed by atoms with Crippen molar-refractivity contribution in [2.75, 3.05) is 25.0 Å². The average Bonchev–Trinajstić information content (AvgIpc) is 2.63. The third-order valence-corrected chi connectivity index (χ3v) is 4.52. The molecule has 1 N–H and O–H groups in total. The highest BCUT2D eigenvalue weighted by Gasteiger charge is 2.24. The van der Waals surface area contributed by atoms with E-state index >= 15 is 0 Å². The smallest absolute Gasteiger partial charge is 0.173 e. The lowest BCUT2D eigenvalue weighted by Crippen LogP contribution is -2.45. The number of thiocarbonyl (C=S) groups is 1. The summed E-state index contributed by atoms with van der Waals surface area (Å²) < 4.78 is 11.9. The Morgan fingerprint density at radius 1 is 1.16 bits per heavy atom. The zero-order valence-corrected chi connectivity index (χ0v) is 15.5. The summed E-state index contributed by atoms with van der Waals surface area (Å²) in [6, 6.07) is 15.9. The van der Waals surface area contributed by atoms with E-state index in [1.165, 1.54) is 5.56 Å². The summed E-state index contributed by atoms with van der Waals surface area (Å²) in [7, 11) is 0. The van der Waals surface area contributed by atoms with Gasteiger partial charge >= 0.3 is 0 Å². The summed E-state index contributed by atoms with van der Waals surface area (Å²) in [4.78, 5) is 2.16. The van der Waals surface area contributed by atoms with Crippen molar-refractivity contribution in [2.24, 2.45) is 0 Å². The lowest BCUT2D eigenvalue weighted by atomic mass is 10.2. The Kier molecular flexibility index (Phi) is 5.76. The highest BCUT2D eigenvalue weighted by molar-refractivity contribution is 7.80. The Morgan fingerprint density at radius 2 is 1.88 bits per heavy atom. The van der Waals surface area contributed by atoms with E-state index in [2.05, 4.69) is 30.1 Å². The third-order valence-electron chi connectivity index (χ3n) is 4.16. The van der Waals surface area contributed by atoms with E-state index in [9.17, 15) is 0 Å². The molecular formula is C20H24N2O2S. The normalized spacial score (nSPS) is 15.5. The van der Waals surface area contributed by atoms with Gasteiger partial charge in [-0.25, -0.2) is 0 Å². The van der Waals surface area contributed by atoms with Gasteiger partial charge in [0.05, 0.1) is 6.54 Å². The summed E-state index contributed by atoms with van der Waals surface area (Å²) in [6.07, 6.45) is 0.970. The van der Waals surface area contributed by atoms with Crippen molar-refractivity contribution in [2.45, 2.75) is 26.4 Å². The molecule has 5 heteroatoms. The number of anilines is 1. The van der Waals surface area contributed by atoms with Gasteiger partial charge in [0.2, 0.25) is 0 Å². The first-order valence-electron chi connectivity index (χ1n) is 8.67. The lowest BCUT2D eigenvalue weighted by molar-refractivity contribution is 0.0746. The van der Waals surface area contributed by atoms with Gasteiger partial charge in [0, 0.05) is 12.2 Å². The van der Waals surface area contributed by atoms with Crippen LogP contribution in [0.4, 0.5) is 5.69 Å². The van der Waals surface area contributed by atoms with Crippen LogP contribution in [0.2, 0.25) is 0 Å². The Balaban J connectivity index is 1.65. The van der Waals surface area contributed by atoms with Crippen molar-refractivity contribution in [3.63, 3.8) is 0 Å². The number of hydrogen-bond acceptors (Lipinski definition) is 3. The van der Waals surface area contributed by atoms with Crippen molar-refractivity contribution in [1.29, 1.82) is 0 Å². The summed E-state index contributed by atoms with van der Waals surface area (Å²) in [5.41, 5.74) is 2.22. The topological polar surface area (TPSA) is 33.7 Å². The van der Waals surface area contributed by atoms with Gasteiger partial charge in [-0.2, -0.15) is 0 Å². The molecule has 0 radical (unpaired) electrons. The number of para-hydroxylation sites is 3. The van der Waals surface area contributed by atoms with Gasteiger partial charge in [0.25, 0.3) is 0 Å². The molecule has 2 aromatic rings. The Morgan fingerprint density at radius 3 is 2.64 bits per heavy atom. The number of hydrogen-bond donors (Lipinski definition) is 1. The monoisotopic (exact) mass is 356 g/mol. The molecule has 25 heavy (non-hydrogen) atoms. The number of rotatable bonds is 5. The van der Waals surface area contributed by atoms with Crippen molar-refractivity contribution < 1.29 is 9.47 Å². The van der Waals surface area contributed by atoms with Crippen molar-refractivity contribution in [3.05, 3.63) is 54.1 Å². The van der Waals surface area contributed by atoms with Gasteiger partial charge in [-0.1, -0.05) is 37.3 Å². The molecule has 0 fully saturated rings. The molecule has 0 aliphatic carbocycles. The second-order valence-electron chi connectivity index (χ2n) is 6.19. The van der Waals surface area contributed by atoms with Gasteiger partial charge in [0.15, 0.2) is 22.7 Å². The number of ether oxygens (including phenoxy) is 2. The summed E-state index contributed by atoms with van der Waals surface area (Å²) in [6.45, 7) is 6.32. The fourth-order valence-corrected chi connectivity index (χ4v) is 3.13. The SMILES string of the molecule is CCCN(C[C@H]1COc2ccccc2O1)C(=S)Nc1ccccc1C. The van der Waals surface area contributed by atoms with Gasteiger partial charge < -0.3 is 19.7 Å². The standard InChI is InChI=1S/C20H24N2O2S/c1-3-12-22(20(25)21-17-9-5-4-8-15(17)2)13-16-14-23-18-10-6-7-11-19(18)24-16/h4-11,16H,3,12-14H2,1-2H3,(H,21,25)/t16-/m0/s1. The van der Waals surface area contributed by atoms with Crippen LogP contribution in [0, 0.1) is 6.92 Å². The van der Waals surface area contributed by atoms with Crippen LogP contribution in [0.15, 0.2) is 48.5 Å². The maximum Gasteiger partial charge on any atom is 0.173 e. The second-order valence-corrected chi connectivity index (χ2v) is 6.58. The molecule has 0 aromatic heterocycles. The zero-order chi connectivity index (χ0) is 17.6. The molecule has 1 atom stereocenters. The van der Waals surface area contributed by atoms with Gasteiger partial charge in [-0.3, -0.25) is 0 Å². The average molecular weight is 356 g/mol. The summed E-state index contributed by atoms with van der Waals surface area (Å²) in [5, 5.41) is 4.09. The maximum absolute atomic E-state index is 6.08. The number of benzene rings is 2. The van der Waals surface area contributed by atoms with Gasteiger partial charge in [-0.05, 0) is 49.3 Å². The van der Waals surface area contributed by atoms with Crippen LogP contribution in [0.25, 0.3) is 0 Å². The van der Waals surface area contributed by atoms with Gasteiger partial charge in [-0.15, -0.1) is 0 Å². The first-order valence-corrected chi connectivity index (χ1v) is 9.08. The van der Waals surface area contributed by atoms with Crippen molar-refractivity contribution >= 4 is 23.0 Å². The molecule has 0 bridgehead atoms. The number of fused-ring (bicyclic) bond motifs is 1. The second kappa shape index (κ2) is 8.21. The van der Waals surface area contributed by atoms with Crippen LogP contribution < -0.4 is 14.8 Å². The fraction of sp³-hybridized carbons (Fsp3) is 0.350. The highest BCUT2D eigenvalue weighted by atomic mass is 32.1. The minimum Gasteiger partial charge on any atom is -0.486 e. The number of nitrogens with one attached hydrogen (secondary N) is 1. The lowest BCUT2D eigenvalue weighted by Gasteiger charge is -2.32. The first-order chi connectivity index (χ1) is 12.2. The zero-order valence-electron chi connectivity index (χ0n) is 14.7. The van der Waals surface area contributed by atoms with Crippen LogP contribution in [-0.4, -0.2) is 35.8 Å². The van der Waals surface area contributed by atoms with E-state index < -0.39 is 0 Å². The molecule has 0 spiro atoms. The van der Waals surface area contributed by atoms with Gasteiger partial charge in [0.1, 0.15) is 6.61 Å². The molecule has 4 nitrogen and oxygen atoms in total. The first kappa shape index (κ1) is 17.5. The maximum atomic E-state index is 6.08. The Hall–Kier alpha value is -2.27. The van der Waals surface area contributed by atoms with Crippen LogP contribution in [0.1, 0.15) is 18.9 Å². The quantitative estimate of drug-likeness (QED) is 0.810. The summed E-state index contributed by atoms with van der Waals surface area (Å²) >= 11 is 5.65. The van der Waals surface area contributed by atoms with Crippen LogP contribution in [-0.2, 0) is 0 Å². The van der Waals surface area contributed by atoms with E-state index in [-0.39, 0.29) is 6.10 Å². The van der Waals surface area contributed by atoms with E-state index in [0.717, 1.165) is 35.3 Å². The molecule has 1 aliphatic heterocycles. The molecule has 0 saturated heterocycles. The molecule has 3 rings (SSSR count). The van der Waals surface area contributed by atoms with Crippen LogP contribution >= 0.6 is 12.2 Å². The largest absolute Gasteiger partial charge is 0.486 e. The molecule has 2 aromatic carbocycles. The van der Waals surface area contributed by atoms with Crippen molar-refractivity contribution in [3.8, 4) is 11.5 Å². The van der Waals surface area contributed by atoms with Crippen molar-refractivity contribution in [1.82, 2.24) is 4.90 Å². The Labute approximate surface area is 154 Å². The highest BCUT2D eigenvalue weighted by Crippen LogP contribution is 2.31. The van der Waals surface area contributed by atoms with E-state index in [1.807, 2.05) is 42.5 Å². The predicted molar refractivity (Wildman–Crippen MR) is 106 cm³/mol. The van der Waals surface area contributed by atoms with E-state index in [1.54, 1.807) is 0 Å². The molecule has 0 unspecified atom stereocenters. The predicted octanol–water partition coefficient (Wildman–Crippen LogP) is 4.24. The minimum absolute atomic E-state index is 0.0435.